The van der Waals surface area contributed by atoms with E-state index >= 15 is 0 Å². The molecule has 12 heteroatoms. The van der Waals surface area contributed by atoms with Gasteiger partial charge in [-0.2, -0.15) is 17.5 Å². The Hall–Kier alpha value is -2.99. The third kappa shape index (κ3) is 4.32. The van der Waals surface area contributed by atoms with E-state index in [0.29, 0.717) is 0 Å². The monoisotopic (exact) mass is 469 g/mol. The summed E-state index contributed by atoms with van der Waals surface area (Å²) in [6, 6.07) is 7.44. The number of nitrogens with one attached hydrogen (secondary N) is 1. The van der Waals surface area contributed by atoms with Gasteiger partial charge in [0.2, 0.25) is 0 Å². The maximum absolute atomic E-state index is 14.6. The predicted molar refractivity (Wildman–Crippen MR) is 108 cm³/mol. The highest BCUT2D eigenvalue weighted by atomic mass is 32.2. The number of rotatable bonds is 5. The summed E-state index contributed by atoms with van der Waals surface area (Å²) in [5.74, 6) is -1.16. The maximum atomic E-state index is 14.6. The van der Waals surface area contributed by atoms with E-state index in [1.54, 1.807) is 19.2 Å². The fourth-order valence-electron chi connectivity index (χ4n) is 3.74. The predicted octanol–water partition coefficient (Wildman–Crippen LogP) is 3.24. The average molecular weight is 469 g/mol. The molecular weight excluding hydrogens is 450 g/mol. The Morgan fingerprint density at radius 3 is 2.53 bits per heavy atom. The number of sulfonamides is 1. The number of anilines is 1. The van der Waals surface area contributed by atoms with Crippen LogP contribution in [0.5, 0.6) is 0 Å². The first-order valence-corrected chi connectivity index (χ1v) is 11.0. The van der Waals surface area contributed by atoms with Gasteiger partial charge in [-0.05, 0) is 23.8 Å². The van der Waals surface area contributed by atoms with Crippen molar-refractivity contribution in [2.24, 2.45) is 7.05 Å². The fourth-order valence-corrected chi connectivity index (χ4v) is 5.20. The van der Waals surface area contributed by atoms with Gasteiger partial charge in [-0.1, -0.05) is 18.2 Å². The van der Waals surface area contributed by atoms with Crippen LogP contribution in [0.1, 0.15) is 17.2 Å². The van der Waals surface area contributed by atoms with Crippen molar-refractivity contribution in [3.63, 3.8) is 0 Å². The number of pyridine rings is 1. The molecule has 0 radical (unpaired) electrons. The summed E-state index contributed by atoms with van der Waals surface area (Å²) in [5, 5.41) is 2.79. The maximum Gasteiger partial charge on any atom is 0.433 e. The molecule has 1 aliphatic rings. The Morgan fingerprint density at radius 2 is 1.88 bits per heavy atom. The van der Waals surface area contributed by atoms with Crippen molar-refractivity contribution in [2.45, 2.75) is 23.2 Å². The summed E-state index contributed by atoms with van der Waals surface area (Å²) in [5.41, 5.74) is -0.703. The van der Waals surface area contributed by atoms with Crippen LogP contribution in [0.4, 0.5) is 23.2 Å². The van der Waals surface area contributed by atoms with E-state index in [-0.39, 0.29) is 29.4 Å². The quantitative estimate of drug-likeness (QED) is 0.581. The molecule has 0 spiro atoms. The number of aromatic nitrogens is 3. The minimum atomic E-state index is -4.63. The molecule has 4 rings (SSSR count). The Balaban J connectivity index is 1.68. The van der Waals surface area contributed by atoms with E-state index in [9.17, 15) is 26.0 Å². The highest BCUT2D eigenvalue weighted by Gasteiger charge is 2.42. The fraction of sp³-hybridized carbons (Fsp3) is 0.300. The second-order valence-corrected chi connectivity index (χ2v) is 9.39. The summed E-state index contributed by atoms with van der Waals surface area (Å²) < 4.78 is 82.5. The average Bonchev–Trinajstić information content (AvgIpc) is 3.35. The van der Waals surface area contributed by atoms with Gasteiger partial charge in [0.25, 0.3) is 10.0 Å². The van der Waals surface area contributed by atoms with Crippen LogP contribution >= 0.6 is 0 Å². The molecule has 0 aliphatic carbocycles. The molecule has 32 heavy (non-hydrogen) atoms. The molecular formula is C20H19F4N5O2S. The van der Waals surface area contributed by atoms with Gasteiger partial charge >= 0.3 is 6.18 Å². The van der Waals surface area contributed by atoms with E-state index in [0.717, 1.165) is 16.6 Å². The van der Waals surface area contributed by atoms with Crippen LogP contribution in [0, 0.1) is 5.82 Å². The first-order chi connectivity index (χ1) is 15.1. The molecule has 7 nitrogen and oxygen atoms in total. The number of alkyl halides is 3. The zero-order valence-electron chi connectivity index (χ0n) is 16.8. The van der Waals surface area contributed by atoms with Gasteiger partial charge in [0, 0.05) is 50.2 Å². The number of nitrogens with zero attached hydrogens (tertiary/aromatic N) is 4. The van der Waals surface area contributed by atoms with Crippen LogP contribution in [-0.4, -0.2) is 46.4 Å². The van der Waals surface area contributed by atoms with Crippen molar-refractivity contribution in [1.29, 1.82) is 0 Å². The molecule has 3 aromatic rings. The van der Waals surface area contributed by atoms with Crippen molar-refractivity contribution in [3.05, 3.63) is 72.2 Å². The van der Waals surface area contributed by atoms with Gasteiger partial charge in [-0.3, -0.25) is 4.98 Å². The van der Waals surface area contributed by atoms with Gasteiger partial charge < -0.3 is 9.88 Å². The lowest BCUT2D eigenvalue weighted by molar-refractivity contribution is -0.141. The molecule has 1 aromatic carbocycles. The standard InChI is InChI=1S/C20H19F4N5O2S/c1-28-11-19(26-12-28)32(30,31)29-9-15(14-4-2-3-5-16(14)21)17(10-29)27-13-6-7-25-18(8-13)20(22,23)24/h2-8,11-12,15,17H,9-10H2,1H3,(H,25,27). The molecule has 1 aliphatic heterocycles. The van der Waals surface area contributed by atoms with Crippen molar-refractivity contribution in [2.75, 3.05) is 18.4 Å². The lowest BCUT2D eigenvalue weighted by Gasteiger charge is -2.22. The van der Waals surface area contributed by atoms with Crippen LogP contribution in [-0.2, 0) is 23.2 Å². The van der Waals surface area contributed by atoms with Crippen LogP contribution < -0.4 is 5.32 Å². The normalized spacial score (nSPS) is 19.9. The third-order valence-corrected chi connectivity index (χ3v) is 7.00. The molecule has 2 unspecified atom stereocenters. The van der Waals surface area contributed by atoms with Crippen LogP contribution in [0.25, 0.3) is 0 Å². The molecule has 3 heterocycles. The highest BCUT2D eigenvalue weighted by Crippen LogP contribution is 2.35. The number of benzene rings is 1. The Morgan fingerprint density at radius 1 is 1.12 bits per heavy atom. The Bertz CT molecular complexity index is 1230. The van der Waals surface area contributed by atoms with E-state index in [1.807, 2.05) is 0 Å². The van der Waals surface area contributed by atoms with Crippen molar-refractivity contribution in [1.82, 2.24) is 18.8 Å². The summed E-state index contributed by atoms with van der Waals surface area (Å²) in [6.07, 6.45) is -0.914. The topological polar surface area (TPSA) is 80.1 Å². The first-order valence-electron chi connectivity index (χ1n) is 9.58. The summed E-state index contributed by atoms with van der Waals surface area (Å²) >= 11 is 0. The summed E-state index contributed by atoms with van der Waals surface area (Å²) in [7, 11) is -2.35. The molecule has 1 saturated heterocycles. The van der Waals surface area contributed by atoms with Gasteiger partial charge in [0.1, 0.15) is 11.5 Å². The third-order valence-electron chi connectivity index (χ3n) is 5.28. The van der Waals surface area contributed by atoms with Crippen LogP contribution in [0.15, 0.2) is 60.1 Å². The first kappa shape index (κ1) is 22.2. The zero-order chi connectivity index (χ0) is 23.1. The molecule has 0 saturated carbocycles. The minimum Gasteiger partial charge on any atom is -0.380 e. The Labute approximate surface area is 181 Å². The van der Waals surface area contributed by atoms with Gasteiger partial charge in [-0.15, -0.1) is 0 Å². The number of aryl methyl sites for hydroxylation is 1. The lowest BCUT2D eigenvalue weighted by atomic mass is 9.93. The van der Waals surface area contributed by atoms with Crippen molar-refractivity contribution in [3.8, 4) is 0 Å². The van der Waals surface area contributed by atoms with Gasteiger partial charge in [-0.25, -0.2) is 17.8 Å². The molecule has 0 amide bonds. The second kappa shape index (κ2) is 8.17. The molecule has 170 valence electrons. The molecule has 2 aromatic heterocycles. The van der Waals surface area contributed by atoms with E-state index in [2.05, 4.69) is 15.3 Å². The summed E-state index contributed by atoms with van der Waals surface area (Å²) in [6.45, 7) is -0.143. The lowest BCUT2D eigenvalue weighted by Crippen LogP contribution is -2.32. The minimum absolute atomic E-state index is 0.0608. The van der Waals surface area contributed by atoms with Crippen molar-refractivity contribution >= 4 is 15.7 Å². The SMILES string of the molecule is Cn1cnc(S(=O)(=O)N2CC(Nc3ccnc(C(F)(F)F)c3)C(c3ccccc3F)C2)c1. The summed E-state index contributed by atoms with van der Waals surface area (Å²) in [4.78, 5) is 7.23. The van der Waals surface area contributed by atoms with Crippen LogP contribution in [0.3, 0.4) is 0 Å². The van der Waals surface area contributed by atoms with Crippen LogP contribution in [0.2, 0.25) is 0 Å². The molecule has 2 atom stereocenters. The van der Waals surface area contributed by atoms with Crippen molar-refractivity contribution < 1.29 is 26.0 Å². The number of halogens is 4. The van der Waals surface area contributed by atoms with E-state index in [1.165, 1.54) is 35.3 Å². The smallest absolute Gasteiger partial charge is 0.380 e. The number of imidazole rings is 1. The molecule has 1 fully saturated rings. The number of hydrogen-bond acceptors (Lipinski definition) is 5. The Kier molecular flexibility index (Phi) is 5.67. The van der Waals surface area contributed by atoms with Gasteiger partial charge in [0.05, 0.1) is 6.33 Å². The molecule has 1 N–H and O–H groups in total. The largest absolute Gasteiger partial charge is 0.433 e. The van der Waals surface area contributed by atoms with E-state index in [4.69, 9.17) is 0 Å². The second-order valence-electron chi connectivity index (χ2n) is 7.51. The highest BCUT2D eigenvalue weighted by molar-refractivity contribution is 7.89. The van der Waals surface area contributed by atoms with E-state index < -0.39 is 39.7 Å². The molecule has 0 bridgehead atoms. The van der Waals surface area contributed by atoms with Gasteiger partial charge in [0.15, 0.2) is 5.03 Å². The zero-order valence-corrected chi connectivity index (χ0v) is 17.6. The number of hydrogen-bond donors (Lipinski definition) is 1.